The van der Waals surface area contributed by atoms with Crippen LogP contribution in [0, 0.1) is 20.2 Å². The minimum absolute atomic E-state index is 0.00629. The highest BCUT2D eigenvalue weighted by Gasteiger charge is 2.23. The first-order valence-electron chi connectivity index (χ1n) is 6.97. The van der Waals surface area contributed by atoms with Gasteiger partial charge in [-0.25, -0.2) is 4.79 Å². The van der Waals surface area contributed by atoms with Crippen molar-refractivity contribution in [2.45, 2.75) is 6.04 Å². The molecule has 0 saturated heterocycles. The predicted octanol–water partition coefficient (Wildman–Crippen LogP) is 2.43. The zero-order valence-electron chi connectivity index (χ0n) is 12.7. The average molecular weight is 347 g/mol. The number of rotatable bonds is 7. The second-order valence-electron chi connectivity index (χ2n) is 5.09. The van der Waals surface area contributed by atoms with Crippen molar-refractivity contribution in [3.8, 4) is 5.75 Å². The Bertz CT molecular complexity index is 820. The summed E-state index contributed by atoms with van der Waals surface area (Å²) < 4.78 is 0. The van der Waals surface area contributed by atoms with Crippen LogP contribution >= 0.6 is 0 Å². The summed E-state index contributed by atoms with van der Waals surface area (Å²) in [5, 5.41) is 43.4. The Morgan fingerprint density at radius 2 is 1.76 bits per heavy atom. The molecule has 1 atom stereocenters. The molecule has 0 aliphatic heterocycles. The summed E-state index contributed by atoms with van der Waals surface area (Å²) in [4.78, 5) is 31.3. The van der Waals surface area contributed by atoms with Crippen molar-refractivity contribution in [1.82, 2.24) is 0 Å². The molecule has 0 spiro atoms. The zero-order chi connectivity index (χ0) is 18.6. The fourth-order valence-electron chi connectivity index (χ4n) is 2.22. The summed E-state index contributed by atoms with van der Waals surface area (Å²) >= 11 is 0. The molecule has 0 aromatic heterocycles. The molecular weight excluding hydrogens is 334 g/mol. The lowest BCUT2D eigenvalue weighted by Gasteiger charge is -2.17. The lowest BCUT2D eigenvalue weighted by Crippen LogP contribution is -2.20. The van der Waals surface area contributed by atoms with Crippen molar-refractivity contribution in [2.24, 2.45) is 0 Å². The average Bonchev–Trinajstić information content (AvgIpc) is 2.54. The van der Waals surface area contributed by atoms with Crippen LogP contribution in [-0.4, -0.2) is 32.6 Å². The molecule has 0 aliphatic carbocycles. The smallest absolute Gasteiger partial charge is 0.335 e. The third-order valence-corrected chi connectivity index (χ3v) is 3.40. The number of aromatic carboxylic acids is 1. The molecular formula is C15H13N3O7. The maximum atomic E-state index is 10.9. The molecule has 0 aliphatic rings. The number of nitro benzene ring substituents is 1. The van der Waals surface area contributed by atoms with E-state index in [4.69, 9.17) is 5.11 Å². The van der Waals surface area contributed by atoms with E-state index in [0.29, 0.717) is 5.69 Å². The highest BCUT2D eigenvalue weighted by atomic mass is 16.6. The number of hydrogen-bond donors (Lipinski definition) is 3. The van der Waals surface area contributed by atoms with E-state index < -0.39 is 28.4 Å². The maximum Gasteiger partial charge on any atom is 0.335 e. The van der Waals surface area contributed by atoms with Crippen LogP contribution in [0.3, 0.4) is 0 Å². The number of carboxylic acid groups (broad SMARTS) is 1. The molecule has 3 N–H and O–H groups in total. The van der Waals surface area contributed by atoms with Crippen molar-refractivity contribution in [3.05, 3.63) is 73.8 Å². The molecule has 0 saturated carbocycles. The SMILES string of the molecule is O=C(O)c1ccc(NC(C[N+](=O)[O-])c2cc([N+](=O)[O-])ccc2O)cc1. The third kappa shape index (κ3) is 4.41. The van der Waals surface area contributed by atoms with Crippen LogP contribution in [-0.2, 0) is 0 Å². The van der Waals surface area contributed by atoms with Gasteiger partial charge >= 0.3 is 5.97 Å². The van der Waals surface area contributed by atoms with Gasteiger partial charge < -0.3 is 15.5 Å². The second kappa shape index (κ2) is 7.25. The lowest BCUT2D eigenvalue weighted by atomic mass is 10.0. The normalized spacial score (nSPS) is 11.5. The van der Waals surface area contributed by atoms with Gasteiger partial charge in [0.25, 0.3) is 5.69 Å². The van der Waals surface area contributed by atoms with Gasteiger partial charge in [-0.15, -0.1) is 0 Å². The Morgan fingerprint density at radius 3 is 2.28 bits per heavy atom. The van der Waals surface area contributed by atoms with Crippen LogP contribution in [0.1, 0.15) is 22.0 Å². The topological polar surface area (TPSA) is 156 Å². The van der Waals surface area contributed by atoms with Crippen molar-refractivity contribution in [2.75, 3.05) is 11.9 Å². The second-order valence-corrected chi connectivity index (χ2v) is 5.09. The van der Waals surface area contributed by atoms with Gasteiger partial charge in [-0.05, 0) is 30.3 Å². The fraction of sp³-hybridized carbons (Fsp3) is 0.133. The van der Waals surface area contributed by atoms with Gasteiger partial charge in [0.05, 0.1) is 10.5 Å². The fourth-order valence-corrected chi connectivity index (χ4v) is 2.22. The van der Waals surface area contributed by atoms with Crippen LogP contribution in [0.2, 0.25) is 0 Å². The molecule has 2 aromatic carbocycles. The number of hydrogen-bond acceptors (Lipinski definition) is 7. The summed E-state index contributed by atoms with van der Waals surface area (Å²) in [6.45, 7) is -0.643. The number of nitrogens with zero attached hydrogens (tertiary/aromatic N) is 2. The highest BCUT2D eigenvalue weighted by Crippen LogP contribution is 2.31. The van der Waals surface area contributed by atoms with Crippen molar-refractivity contribution in [3.63, 3.8) is 0 Å². The van der Waals surface area contributed by atoms with E-state index in [1.165, 1.54) is 24.3 Å². The Hall–Kier alpha value is -3.69. The quantitative estimate of drug-likeness (QED) is 0.509. The number of nitrogens with one attached hydrogen (secondary N) is 1. The number of aromatic hydroxyl groups is 1. The van der Waals surface area contributed by atoms with Gasteiger partial charge in [-0.1, -0.05) is 0 Å². The molecule has 130 valence electrons. The van der Waals surface area contributed by atoms with Crippen LogP contribution < -0.4 is 5.32 Å². The number of benzene rings is 2. The Kier molecular flexibility index (Phi) is 5.12. The van der Waals surface area contributed by atoms with Gasteiger partial charge in [0.2, 0.25) is 6.54 Å². The van der Waals surface area contributed by atoms with Gasteiger partial charge in [-0.2, -0.15) is 0 Å². The van der Waals surface area contributed by atoms with E-state index in [1.807, 2.05) is 0 Å². The largest absolute Gasteiger partial charge is 0.508 e. The van der Waals surface area contributed by atoms with E-state index in [-0.39, 0.29) is 22.6 Å². The first-order valence-corrected chi connectivity index (χ1v) is 6.97. The number of carbonyl (C=O) groups is 1. The standard InChI is InChI=1S/C15H13N3O7/c19-14-6-5-11(18(24)25)7-12(14)13(8-17(22)23)16-10-3-1-9(2-4-10)15(20)21/h1-7,13,16,19H,8H2,(H,20,21). The Balaban J connectivity index is 2.36. The summed E-state index contributed by atoms with van der Waals surface area (Å²) in [6, 6.07) is 7.62. The van der Waals surface area contributed by atoms with Crippen molar-refractivity contribution >= 4 is 17.3 Å². The number of phenolic OH excluding ortho intramolecular Hbond substituents is 1. The maximum absolute atomic E-state index is 10.9. The van der Waals surface area contributed by atoms with Gasteiger partial charge in [0.1, 0.15) is 11.8 Å². The molecule has 0 radical (unpaired) electrons. The van der Waals surface area contributed by atoms with Gasteiger partial charge in [0, 0.05) is 28.3 Å². The molecule has 2 rings (SSSR count). The van der Waals surface area contributed by atoms with Crippen LogP contribution in [0.5, 0.6) is 5.75 Å². The van der Waals surface area contributed by atoms with Crippen molar-refractivity contribution in [1.29, 1.82) is 0 Å². The van der Waals surface area contributed by atoms with E-state index in [2.05, 4.69) is 5.32 Å². The number of carboxylic acids is 1. The number of nitro groups is 2. The molecule has 1 unspecified atom stereocenters. The molecule has 0 fully saturated rings. The summed E-state index contributed by atoms with van der Waals surface area (Å²) in [7, 11) is 0. The van der Waals surface area contributed by atoms with Gasteiger partial charge in [0.15, 0.2) is 0 Å². The van der Waals surface area contributed by atoms with Crippen molar-refractivity contribution < 1.29 is 24.9 Å². The van der Waals surface area contributed by atoms with Crippen LogP contribution in [0.25, 0.3) is 0 Å². The molecule has 25 heavy (non-hydrogen) atoms. The molecule has 10 heteroatoms. The summed E-state index contributed by atoms with van der Waals surface area (Å²) in [5.41, 5.74) is 0.0784. The Labute approximate surface area is 140 Å². The minimum Gasteiger partial charge on any atom is -0.508 e. The van der Waals surface area contributed by atoms with Crippen LogP contribution in [0.4, 0.5) is 11.4 Å². The van der Waals surface area contributed by atoms with E-state index >= 15 is 0 Å². The molecule has 0 bridgehead atoms. The molecule has 2 aromatic rings. The Morgan fingerprint density at radius 1 is 1.12 bits per heavy atom. The molecule has 0 heterocycles. The van der Waals surface area contributed by atoms with Gasteiger partial charge in [-0.3, -0.25) is 20.2 Å². The van der Waals surface area contributed by atoms with E-state index in [1.54, 1.807) is 0 Å². The third-order valence-electron chi connectivity index (χ3n) is 3.40. The monoisotopic (exact) mass is 347 g/mol. The van der Waals surface area contributed by atoms with E-state index in [9.17, 15) is 30.1 Å². The first kappa shape index (κ1) is 17.7. The van der Waals surface area contributed by atoms with Crippen LogP contribution in [0.15, 0.2) is 42.5 Å². The molecule has 10 nitrogen and oxygen atoms in total. The van der Waals surface area contributed by atoms with E-state index in [0.717, 1.165) is 18.2 Å². The number of anilines is 1. The number of non-ortho nitro benzene ring substituents is 1. The minimum atomic E-state index is -1.12. The summed E-state index contributed by atoms with van der Waals surface area (Å²) in [6.07, 6.45) is 0. The zero-order valence-corrected chi connectivity index (χ0v) is 12.7. The molecule has 0 amide bonds. The number of phenols is 1. The summed E-state index contributed by atoms with van der Waals surface area (Å²) in [5.74, 6) is -1.45. The lowest BCUT2D eigenvalue weighted by molar-refractivity contribution is -0.482. The predicted molar refractivity (Wildman–Crippen MR) is 86.4 cm³/mol. The first-order chi connectivity index (χ1) is 11.8. The highest BCUT2D eigenvalue weighted by molar-refractivity contribution is 5.88.